The first-order valence-corrected chi connectivity index (χ1v) is 8.83. The van der Waals surface area contributed by atoms with Gasteiger partial charge in [0.25, 0.3) is 0 Å². The third-order valence-electron chi connectivity index (χ3n) is 3.22. The van der Waals surface area contributed by atoms with Gasteiger partial charge in [0, 0.05) is 17.1 Å². The molecule has 1 amide bonds. The number of halogens is 2. The molecule has 2 aromatic rings. The fourth-order valence-corrected chi connectivity index (χ4v) is 2.68. The Morgan fingerprint density at radius 3 is 2.58 bits per heavy atom. The van der Waals surface area contributed by atoms with Crippen LogP contribution >= 0.6 is 35.4 Å². The number of nitriles is 1. The predicted molar refractivity (Wildman–Crippen MR) is 107 cm³/mol. The van der Waals surface area contributed by atoms with Gasteiger partial charge in [-0.2, -0.15) is 5.26 Å². The molecule has 0 spiro atoms. The van der Waals surface area contributed by atoms with E-state index in [0.717, 1.165) is 0 Å². The highest BCUT2D eigenvalue weighted by molar-refractivity contribution is 7.80. The zero-order valence-electron chi connectivity index (χ0n) is 13.6. The van der Waals surface area contributed by atoms with E-state index in [9.17, 15) is 4.79 Å². The number of carbonyl (C=O) groups excluding carboxylic acids is 1. The second-order valence-corrected chi connectivity index (χ2v) is 6.47. The Hall–Kier alpha value is -2.33. The summed E-state index contributed by atoms with van der Waals surface area (Å²) in [7, 11) is 0. The summed E-state index contributed by atoms with van der Waals surface area (Å²) in [5.74, 6) is 0.302. The van der Waals surface area contributed by atoms with E-state index in [1.54, 1.807) is 42.5 Å². The minimum Gasteiger partial charge on any atom is -0.492 e. The number of thiocarbonyl (C=S) groups is 1. The lowest BCUT2D eigenvalue weighted by molar-refractivity contribution is -0.119. The van der Waals surface area contributed by atoms with Crippen LogP contribution in [0.3, 0.4) is 0 Å². The summed E-state index contributed by atoms with van der Waals surface area (Å²) in [5.41, 5.74) is 1.24. The topological polar surface area (TPSA) is 74.2 Å². The lowest BCUT2D eigenvalue weighted by atomic mass is 10.2. The van der Waals surface area contributed by atoms with Crippen molar-refractivity contribution in [1.29, 1.82) is 5.26 Å². The van der Waals surface area contributed by atoms with Crippen molar-refractivity contribution in [2.75, 3.05) is 11.9 Å². The average Bonchev–Trinajstić information content (AvgIpc) is 2.60. The molecule has 0 saturated carbocycles. The molecule has 0 aliphatic heterocycles. The molecule has 134 valence electrons. The molecule has 0 saturated heterocycles. The van der Waals surface area contributed by atoms with E-state index < -0.39 is 0 Å². The molecule has 0 heterocycles. The highest BCUT2D eigenvalue weighted by Gasteiger charge is 2.06. The van der Waals surface area contributed by atoms with Crippen molar-refractivity contribution in [3.8, 4) is 11.8 Å². The second kappa shape index (κ2) is 9.97. The van der Waals surface area contributed by atoms with Gasteiger partial charge in [0.2, 0.25) is 5.91 Å². The van der Waals surface area contributed by atoms with E-state index in [2.05, 4.69) is 10.6 Å². The summed E-state index contributed by atoms with van der Waals surface area (Å²) < 4.78 is 5.52. The normalized spacial score (nSPS) is 9.88. The molecule has 2 rings (SSSR count). The summed E-state index contributed by atoms with van der Waals surface area (Å²) in [4.78, 5) is 11.9. The maximum Gasteiger partial charge on any atom is 0.226 e. The van der Waals surface area contributed by atoms with Crippen LogP contribution in [-0.4, -0.2) is 17.6 Å². The molecule has 0 aromatic heterocycles. The van der Waals surface area contributed by atoms with E-state index in [1.807, 2.05) is 6.07 Å². The van der Waals surface area contributed by atoms with Gasteiger partial charge in [-0.05, 0) is 61.1 Å². The number of nitrogens with zero attached hydrogens (tertiary/aromatic N) is 1. The van der Waals surface area contributed by atoms with Crippen molar-refractivity contribution in [3.63, 3.8) is 0 Å². The molecule has 0 fully saturated rings. The van der Waals surface area contributed by atoms with Crippen LogP contribution in [0.1, 0.15) is 18.4 Å². The molecule has 0 unspecified atom stereocenters. The molecule has 5 nitrogen and oxygen atoms in total. The summed E-state index contributed by atoms with van der Waals surface area (Å²) in [6.45, 7) is 0.338. The van der Waals surface area contributed by atoms with Gasteiger partial charge in [-0.3, -0.25) is 4.79 Å². The molecule has 0 aliphatic rings. The number of rotatable bonds is 6. The fraction of sp³-hybridized carbons (Fsp3) is 0.167. The second-order valence-electron chi connectivity index (χ2n) is 5.22. The fourth-order valence-electron chi connectivity index (χ4n) is 1.99. The summed E-state index contributed by atoms with van der Waals surface area (Å²) in [5, 5.41) is 15.4. The third kappa shape index (κ3) is 6.52. The molecule has 26 heavy (non-hydrogen) atoms. The van der Waals surface area contributed by atoms with Crippen LogP contribution in [0.4, 0.5) is 5.69 Å². The van der Waals surface area contributed by atoms with Gasteiger partial charge in [0.05, 0.1) is 23.3 Å². The third-order valence-corrected chi connectivity index (χ3v) is 3.96. The summed E-state index contributed by atoms with van der Waals surface area (Å²) >= 11 is 16.9. The van der Waals surface area contributed by atoms with Crippen LogP contribution in [0.2, 0.25) is 10.0 Å². The molecular weight excluding hydrogens is 393 g/mol. The Kier molecular flexibility index (Phi) is 7.67. The van der Waals surface area contributed by atoms with Crippen LogP contribution in [0.25, 0.3) is 0 Å². The van der Waals surface area contributed by atoms with E-state index in [4.69, 9.17) is 45.4 Å². The number of anilines is 1. The van der Waals surface area contributed by atoms with Gasteiger partial charge < -0.3 is 15.4 Å². The lowest BCUT2D eigenvalue weighted by Crippen LogP contribution is -2.34. The zero-order chi connectivity index (χ0) is 18.9. The van der Waals surface area contributed by atoms with Crippen molar-refractivity contribution >= 4 is 52.1 Å². The van der Waals surface area contributed by atoms with Crippen LogP contribution in [0, 0.1) is 11.3 Å². The maximum atomic E-state index is 11.9. The van der Waals surface area contributed by atoms with Gasteiger partial charge >= 0.3 is 0 Å². The number of ether oxygens (including phenoxy) is 1. The minimum absolute atomic E-state index is 0.196. The van der Waals surface area contributed by atoms with Crippen molar-refractivity contribution in [2.45, 2.75) is 12.8 Å². The molecule has 0 atom stereocenters. The average molecular weight is 408 g/mol. The number of benzene rings is 2. The van der Waals surface area contributed by atoms with Crippen molar-refractivity contribution < 1.29 is 9.53 Å². The van der Waals surface area contributed by atoms with E-state index >= 15 is 0 Å². The molecule has 2 N–H and O–H groups in total. The Morgan fingerprint density at radius 2 is 1.92 bits per heavy atom. The smallest absolute Gasteiger partial charge is 0.226 e. The van der Waals surface area contributed by atoms with Crippen LogP contribution < -0.4 is 15.4 Å². The van der Waals surface area contributed by atoms with Gasteiger partial charge in [-0.1, -0.05) is 23.2 Å². The monoisotopic (exact) mass is 407 g/mol. The summed E-state index contributed by atoms with van der Waals surface area (Å²) in [6, 6.07) is 13.7. The number of amides is 1. The number of nitrogens with one attached hydrogen (secondary N) is 2. The Balaban J connectivity index is 1.69. The number of carbonyl (C=O) groups is 1. The van der Waals surface area contributed by atoms with E-state index in [-0.39, 0.29) is 17.4 Å². The predicted octanol–water partition coefficient (Wildman–Crippen LogP) is 4.54. The van der Waals surface area contributed by atoms with Gasteiger partial charge in [-0.15, -0.1) is 0 Å². The quantitative estimate of drug-likeness (QED) is 0.543. The molecular formula is C18H15Cl2N3O2S. The van der Waals surface area contributed by atoms with Crippen LogP contribution in [0.5, 0.6) is 5.75 Å². The van der Waals surface area contributed by atoms with E-state index in [0.29, 0.717) is 40.1 Å². The highest BCUT2D eigenvalue weighted by atomic mass is 35.5. The van der Waals surface area contributed by atoms with Crippen molar-refractivity contribution in [3.05, 3.63) is 58.1 Å². The first-order chi connectivity index (χ1) is 12.5. The van der Waals surface area contributed by atoms with E-state index in [1.165, 1.54) is 0 Å². The largest absolute Gasteiger partial charge is 0.492 e. The maximum absolute atomic E-state index is 11.9. The van der Waals surface area contributed by atoms with Gasteiger partial charge in [0.15, 0.2) is 5.11 Å². The van der Waals surface area contributed by atoms with Crippen molar-refractivity contribution in [2.24, 2.45) is 0 Å². The Labute approximate surface area is 166 Å². The SMILES string of the molecule is N#Cc1ccc(NC(=S)NC(=O)CCCOc2ccc(Cl)cc2Cl)cc1. The molecule has 8 heteroatoms. The highest BCUT2D eigenvalue weighted by Crippen LogP contribution is 2.27. The Bertz CT molecular complexity index is 835. The minimum atomic E-state index is -0.220. The van der Waals surface area contributed by atoms with Gasteiger partial charge in [0.1, 0.15) is 5.75 Å². The first-order valence-electron chi connectivity index (χ1n) is 7.67. The zero-order valence-corrected chi connectivity index (χ0v) is 15.9. The first kappa shape index (κ1) is 20.0. The van der Waals surface area contributed by atoms with Crippen molar-refractivity contribution in [1.82, 2.24) is 5.32 Å². The van der Waals surface area contributed by atoms with Crippen LogP contribution in [0.15, 0.2) is 42.5 Å². The number of hydrogen-bond acceptors (Lipinski definition) is 4. The standard InChI is InChI=1S/C18H15Cl2N3O2S/c19-13-5-8-16(15(20)10-13)25-9-1-2-17(24)23-18(26)22-14-6-3-12(11-21)4-7-14/h3-8,10H,1-2,9H2,(H2,22,23,24,26). The Morgan fingerprint density at radius 1 is 1.19 bits per heavy atom. The molecule has 0 bridgehead atoms. The lowest BCUT2D eigenvalue weighted by Gasteiger charge is -2.10. The summed E-state index contributed by atoms with van der Waals surface area (Å²) in [6.07, 6.45) is 0.755. The van der Waals surface area contributed by atoms with Crippen LogP contribution in [-0.2, 0) is 4.79 Å². The number of hydrogen-bond donors (Lipinski definition) is 2. The molecule has 0 aliphatic carbocycles. The molecule has 2 aromatic carbocycles. The van der Waals surface area contributed by atoms with Gasteiger partial charge in [-0.25, -0.2) is 0 Å². The molecule has 0 radical (unpaired) electrons.